The van der Waals surface area contributed by atoms with Crippen LogP contribution in [-0.2, 0) is 4.84 Å². The number of carbonyl (C=O) groups is 1. The van der Waals surface area contributed by atoms with Crippen LogP contribution in [-0.4, -0.2) is 66.3 Å². The van der Waals surface area contributed by atoms with Crippen molar-refractivity contribution in [1.82, 2.24) is 10.2 Å². The predicted molar refractivity (Wildman–Crippen MR) is 133 cm³/mol. The molecule has 0 bridgehead atoms. The van der Waals surface area contributed by atoms with Gasteiger partial charge in [0.25, 0.3) is 0 Å². The minimum absolute atomic E-state index is 0.0903. The molecule has 7 nitrogen and oxygen atoms in total. The first kappa shape index (κ1) is 25.9. The number of nitrogens with one attached hydrogen (secondary N) is 1. The first-order chi connectivity index (χ1) is 16.2. The van der Waals surface area contributed by atoms with E-state index >= 15 is 0 Å². The molecule has 0 aromatic heterocycles. The van der Waals surface area contributed by atoms with Crippen molar-refractivity contribution >= 4 is 11.8 Å². The van der Waals surface area contributed by atoms with Crippen molar-refractivity contribution in [2.24, 2.45) is 45.6 Å². The Morgan fingerprint density at radius 1 is 1.06 bits per heavy atom. The highest BCUT2D eigenvalue weighted by Crippen LogP contribution is 2.67. The highest BCUT2D eigenvalue weighted by Gasteiger charge is 2.60. The number of oxime groups is 1. The molecule has 0 aromatic carbocycles. The van der Waals surface area contributed by atoms with E-state index in [1.165, 1.54) is 43.4 Å². The first-order valence-corrected chi connectivity index (χ1v) is 13.7. The molecule has 0 heterocycles. The van der Waals surface area contributed by atoms with Gasteiger partial charge in [-0.3, -0.25) is 4.84 Å². The highest BCUT2D eigenvalue weighted by molar-refractivity contribution is 5.85. The number of nitrogens with zero attached hydrogens (tertiary/aromatic N) is 2. The van der Waals surface area contributed by atoms with E-state index < -0.39 is 6.09 Å². The average Bonchev–Trinajstić information content (AvgIpc) is 3.17. The number of hydrogen-bond acceptors (Lipinski definition) is 6. The van der Waals surface area contributed by atoms with Gasteiger partial charge in [-0.25, -0.2) is 4.79 Å². The van der Waals surface area contributed by atoms with Gasteiger partial charge >= 0.3 is 6.09 Å². The molecule has 1 amide bonds. The first-order valence-electron chi connectivity index (χ1n) is 13.7. The molecule has 34 heavy (non-hydrogen) atoms. The molecule has 4 fully saturated rings. The predicted octanol–water partition coefficient (Wildman–Crippen LogP) is 4.03. The smallest absolute Gasteiger partial charge is 0.395 e. The van der Waals surface area contributed by atoms with Gasteiger partial charge in [0.1, 0.15) is 0 Å². The van der Waals surface area contributed by atoms with Gasteiger partial charge in [-0.1, -0.05) is 19.0 Å². The van der Waals surface area contributed by atoms with E-state index in [0.717, 1.165) is 36.8 Å². The minimum Gasteiger partial charge on any atom is -0.395 e. The Morgan fingerprint density at radius 3 is 2.53 bits per heavy atom. The van der Waals surface area contributed by atoms with Gasteiger partial charge in [0, 0.05) is 25.6 Å². The largest absolute Gasteiger partial charge is 0.436 e. The summed E-state index contributed by atoms with van der Waals surface area (Å²) in [6.07, 6.45) is 10.0. The number of rotatable bonds is 7. The van der Waals surface area contributed by atoms with Gasteiger partial charge in [0.05, 0.1) is 18.4 Å². The number of likely N-dealkylation sites (N-methyl/N-ethyl adjacent to an activating group) is 1. The van der Waals surface area contributed by atoms with Crippen LogP contribution in [0.5, 0.6) is 0 Å². The lowest BCUT2D eigenvalue weighted by Gasteiger charge is -2.61. The summed E-state index contributed by atoms with van der Waals surface area (Å²) in [7, 11) is 1.83. The zero-order valence-electron chi connectivity index (χ0n) is 21.8. The van der Waals surface area contributed by atoms with Crippen LogP contribution in [0.25, 0.3) is 0 Å². The van der Waals surface area contributed by atoms with Gasteiger partial charge in [-0.15, -0.1) is 0 Å². The van der Waals surface area contributed by atoms with Crippen molar-refractivity contribution in [3.8, 4) is 0 Å². The normalized spacial score (nSPS) is 41.9. The SMILES string of the molecule is CNCCN(CCO)C(=O)O/N=C(\C)[C@H]1CC[C@H]2[C@@H]3CC[C@H]4C[C@@H](O)CC[C@]4(C)[C@H]3CC[C@]12C. The monoisotopic (exact) mass is 477 g/mol. The molecular formula is C27H47N3O4. The standard InChI is InChI=1S/C27H47N3O4/c1-18(29-34-25(33)30(15-16-31)14-13-28-4)22-7-8-23-21-6-5-19-17-20(32)9-11-26(19,2)24(21)10-12-27(22,23)3/h19-24,28,31-32H,5-17H2,1-4H3/b29-18+/t19-,20-,21-,22+,23-,24-,26-,27+/m0/s1. The van der Waals surface area contributed by atoms with Crippen LogP contribution in [0.4, 0.5) is 4.79 Å². The molecule has 194 valence electrons. The Balaban J connectivity index is 1.43. The van der Waals surface area contributed by atoms with E-state index in [-0.39, 0.29) is 24.7 Å². The van der Waals surface area contributed by atoms with E-state index in [1.54, 1.807) is 0 Å². The van der Waals surface area contributed by atoms with E-state index in [0.29, 0.717) is 36.3 Å². The Bertz CT molecular complexity index is 760. The minimum atomic E-state index is -0.488. The summed E-state index contributed by atoms with van der Waals surface area (Å²) in [5.41, 5.74) is 1.55. The second-order valence-electron chi connectivity index (χ2n) is 12.2. The van der Waals surface area contributed by atoms with Gasteiger partial charge in [-0.05, 0) is 106 Å². The number of aliphatic hydroxyl groups excluding tert-OH is 2. The lowest BCUT2D eigenvalue weighted by atomic mass is 9.44. The molecule has 0 unspecified atom stereocenters. The molecule has 3 N–H and O–H groups in total. The van der Waals surface area contributed by atoms with Crippen LogP contribution in [0, 0.1) is 40.4 Å². The van der Waals surface area contributed by atoms with Gasteiger partial charge in [0.2, 0.25) is 0 Å². The third kappa shape index (κ3) is 4.64. The number of aliphatic hydroxyl groups is 2. The molecule has 4 rings (SSSR count). The van der Waals surface area contributed by atoms with Crippen molar-refractivity contribution in [3.63, 3.8) is 0 Å². The average molecular weight is 478 g/mol. The zero-order valence-corrected chi connectivity index (χ0v) is 21.8. The molecule has 4 saturated carbocycles. The number of hydrogen-bond donors (Lipinski definition) is 3. The van der Waals surface area contributed by atoms with Crippen molar-refractivity contribution in [1.29, 1.82) is 0 Å². The maximum absolute atomic E-state index is 12.5. The molecule has 0 aliphatic heterocycles. The van der Waals surface area contributed by atoms with Crippen molar-refractivity contribution in [3.05, 3.63) is 0 Å². The summed E-state index contributed by atoms with van der Waals surface area (Å²) in [6, 6.07) is 0. The van der Waals surface area contributed by atoms with Gasteiger partial charge in [-0.2, -0.15) is 0 Å². The van der Waals surface area contributed by atoms with E-state index in [2.05, 4.69) is 24.3 Å². The lowest BCUT2D eigenvalue weighted by Crippen LogP contribution is -2.54. The van der Waals surface area contributed by atoms with Crippen LogP contribution in [0.15, 0.2) is 5.16 Å². The van der Waals surface area contributed by atoms with E-state index in [1.807, 2.05) is 14.0 Å². The Hall–Kier alpha value is -1.18. The van der Waals surface area contributed by atoms with Crippen LogP contribution in [0.1, 0.15) is 78.6 Å². The molecule has 4 aliphatic rings. The summed E-state index contributed by atoms with van der Waals surface area (Å²) in [5.74, 6) is 3.31. The molecule has 0 radical (unpaired) electrons. The lowest BCUT2D eigenvalue weighted by molar-refractivity contribution is -0.123. The Morgan fingerprint density at radius 2 is 1.79 bits per heavy atom. The third-order valence-electron chi connectivity index (χ3n) is 10.7. The summed E-state index contributed by atoms with van der Waals surface area (Å²) in [4.78, 5) is 19.4. The molecule has 0 saturated heterocycles. The van der Waals surface area contributed by atoms with Crippen LogP contribution >= 0.6 is 0 Å². The topological polar surface area (TPSA) is 94.4 Å². The number of amides is 1. The van der Waals surface area contributed by atoms with Crippen LogP contribution in [0.3, 0.4) is 0 Å². The van der Waals surface area contributed by atoms with Crippen molar-refractivity contribution in [2.75, 3.05) is 33.3 Å². The maximum Gasteiger partial charge on any atom is 0.436 e. The van der Waals surface area contributed by atoms with E-state index in [4.69, 9.17) is 4.84 Å². The summed E-state index contributed by atoms with van der Waals surface area (Å²) >= 11 is 0. The fourth-order valence-electron chi connectivity index (χ4n) is 8.82. The van der Waals surface area contributed by atoms with Crippen molar-refractivity contribution < 1.29 is 19.8 Å². The van der Waals surface area contributed by atoms with Crippen LogP contribution < -0.4 is 5.32 Å². The molecule has 0 spiro atoms. The quantitative estimate of drug-likeness (QED) is 0.292. The number of carbonyl (C=O) groups excluding carboxylic acids is 1. The molecule has 0 aromatic rings. The van der Waals surface area contributed by atoms with Gasteiger partial charge < -0.3 is 20.4 Å². The summed E-state index contributed by atoms with van der Waals surface area (Å²) < 4.78 is 0. The second kappa shape index (κ2) is 10.4. The number of fused-ring (bicyclic) bond motifs is 5. The maximum atomic E-state index is 12.5. The molecular weight excluding hydrogens is 430 g/mol. The highest BCUT2D eigenvalue weighted by atomic mass is 16.7. The Labute approximate surface area is 205 Å². The Kier molecular flexibility index (Phi) is 7.95. The second-order valence-corrected chi connectivity index (χ2v) is 12.2. The molecule has 4 aliphatic carbocycles. The third-order valence-corrected chi connectivity index (χ3v) is 10.7. The summed E-state index contributed by atoms with van der Waals surface area (Å²) in [5, 5.41) is 26.9. The molecule has 7 heteroatoms. The zero-order chi connectivity index (χ0) is 24.5. The fraction of sp³-hybridized carbons (Fsp3) is 0.926. The van der Waals surface area contributed by atoms with E-state index in [9.17, 15) is 15.0 Å². The molecule has 8 atom stereocenters. The summed E-state index contributed by atoms with van der Waals surface area (Å²) in [6.45, 7) is 8.31. The van der Waals surface area contributed by atoms with Crippen LogP contribution in [0.2, 0.25) is 0 Å². The fourth-order valence-corrected chi connectivity index (χ4v) is 8.82. The van der Waals surface area contributed by atoms with Crippen molar-refractivity contribution in [2.45, 2.75) is 84.7 Å². The van der Waals surface area contributed by atoms with Gasteiger partial charge in [0.15, 0.2) is 0 Å².